The maximum atomic E-state index is 15.0. The van der Waals surface area contributed by atoms with Crippen molar-refractivity contribution in [3.63, 3.8) is 0 Å². The quantitative estimate of drug-likeness (QED) is 0.141. The summed E-state index contributed by atoms with van der Waals surface area (Å²) in [5, 5.41) is 14.4. The van der Waals surface area contributed by atoms with Crippen molar-refractivity contribution in [2.45, 2.75) is 39.2 Å². The summed E-state index contributed by atoms with van der Waals surface area (Å²) in [5.74, 6) is 6.95. The number of halogens is 1. The lowest BCUT2D eigenvalue weighted by Gasteiger charge is -2.23. The van der Waals surface area contributed by atoms with Crippen LogP contribution < -0.4 is 20.9 Å². The van der Waals surface area contributed by atoms with Crippen LogP contribution in [0.5, 0.6) is 0 Å². The van der Waals surface area contributed by atoms with Crippen molar-refractivity contribution in [2.75, 3.05) is 70.4 Å². The zero-order valence-electron chi connectivity index (χ0n) is 27.5. The van der Waals surface area contributed by atoms with Gasteiger partial charge in [0, 0.05) is 71.4 Å². The Morgan fingerprint density at radius 3 is 2.60 bits per heavy atom. The van der Waals surface area contributed by atoms with Gasteiger partial charge in [0.2, 0.25) is 17.8 Å². The largest absolute Gasteiger partial charge is 0.369 e. The molecule has 0 aliphatic heterocycles. The number of nitrogens with one attached hydrogen (secondary N) is 3. The highest BCUT2D eigenvalue weighted by molar-refractivity contribution is 5.94. The summed E-state index contributed by atoms with van der Waals surface area (Å²) in [6.45, 7) is 5.53. The highest BCUT2D eigenvalue weighted by atomic mass is 19.1. The van der Waals surface area contributed by atoms with Gasteiger partial charge in [-0.3, -0.25) is 14.3 Å². The van der Waals surface area contributed by atoms with Crippen molar-refractivity contribution < 1.29 is 14.0 Å². The number of hydrogen-bond donors (Lipinski definition) is 3. The molecule has 3 aromatic rings. The predicted molar refractivity (Wildman–Crippen MR) is 178 cm³/mol. The van der Waals surface area contributed by atoms with Gasteiger partial charge in [-0.2, -0.15) is 10.1 Å². The standard InChI is InChI=1S/C32H45FN10O2/c1-9-16-34-29-23(14-11-10-12-17-35-31(45)22(2)42(7)27(44)15-13-18-40(3)4)21-36-32(38-29)37-24-19-25-28(26(33)20-24)43(8)39-30(25)41(5)6/h13,15,19-22H,9-10,12,16-18H2,1-8H3,(H,35,45)(H2,34,36,37,38)/t22-/m0/s1. The highest BCUT2D eigenvalue weighted by Crippen LogP contribution is 2.30. The summed E-state index contributed by atoms with van der Waals surface area (Å²) < 4.78 is 16.5. The van der Waals surface area contributed by atoms with E-state index < -0.39 is 11.9 Å². The van der Waals surface area contributed by atoms with Crippen molar-refractivity contribution in [1.82, 2.24) is 34.9 Å². The van der Waals surface area contributed by atoms with Crippen LogP contribution in [0.2, 0.25) is 0 Å². The zero-order valence-corrected chi connectivity index (χ0v) is 27.5. The van der Waals surface area contributed by atoms with Crippen LogP contribution in [0.25, 0.3) is 10.9 Å². The fourth-order valence-corrected chi connectivity index (χ4v) is 4.33. The molecule has 242 valence electrons. The molecule has 0 fully saturated rings. The number of anilines is 4. The number of likely N-dealkylation sites (N-methyl/N-ethyl adjacent to an activating group) is 2. The molecule has 0 bridgehead atoms. The van der Waals surface area contributed by atoms with Crippen LogP contribution in [0.4, 0.5) is 27.7 Å². The summed E-state index contributed by atoms with van der Waals surface area (Å²) in [6.07, 6.45) is 6.96. The SMILES string of the molecule is CCCNc1nc(Nc2cc(F)c3c(c2)c(N(C)C)nn3C)ncc1C#CCCCNC(=O)[C@H](C)N(C)C(=O)C=CCN(C)C. The molecule has 45 heavy (non-hydrogen) atoms. The third kappa shape index (κ3) is 9.64. The number of hydrogen-bond acceptors (Lipinski definition) is 9. The minimum absolute atomic E-state index is 0.220. The van der Waals surface area contributed by atoms with Crippen molar-refractivity contribution in [3.05, 3.63) is 41.9 Å². The molecule has 3 rings (SSSR count). The second kappa shape index (κ2) is 16.4. The number of carbonyl (C=O) groups is 2. The highest BCUT2D eigenvalue weighted by Gasteiger charge is 2.20. The fourth-order valence-electron chi connectivity index (χ4n) is 4.33. The molecule has 0 aliphatic carbocycles. The molecule has 0 saturated heterocycles. The number of carbonyl (C=O) groups excluding carboxylic acids is 2. The van der Waals surface area contributed by atoms with Gasteiger partial charge < -0.3 is 30.7 Å². The van der Waals surface area contributed by atoms with Gasteiger partial charge in [-0.25, -0.2) is 9.37 Å². The summed E-state index contributed by atoms with van der Waals surface area (Å²) in [6, 6.07) is 2.64. The van der Waals surface area contributed by atoms with Crippen LogP contribution in [-0.2, 0) is 16.6 Å². The van der Waals surface area contributed by atoms with Crippen molar-refractivity contribution in [1.29, 1.82) is 0 Å². The van der Waals surface area contributed by atoms with E-state index in [2.05, 4.69) is 49.8 Å². The number of benzene rings is 1. The first-order valence-corrected chi connectivity index (χ1v) is 15.0. The second-order valence-electron chi connectivity index (χ2n) is 11.2. The molecule has 2 heterocycles. The molecular weight excluding hydrogens is 575 g/mol. The Labute approximate surface area is 265 Å². The van der Waals surface area contributed by atoms with Crippen molar-refractivity contribution >= 4 is 46.0 Å². The molecule has 1 aromatic carbocycles. The molecule has 0 saturated carbocycles. The molecule has 0 spiro atoms. The minimum Gasteiger partial charge on any atom is -0.369 e. The predicted octanol–water partition coefficient (Wildman–Crippen LogP) is 3.35. The zero-order chi connectivity index (χ0) is 33.1. The summed E-state index contributed by atoms with van der Waals surface area (Å²) in [5.41, 5.74) is 1.56. The summed E-state index contributed by atoms with van der Waals surface area (Å²) in [7, 11) is 10.9. The molecule has 3 N–H and O–H groups in total. The number of unbranched alkanes of at least 4 members (excludes halogenated alkanes) is 1. The van der Waals surface area contributed by atoms with E-state index in [9.17, 15) is 9.59 Å². The molecule has 0 radical (unpaired) electrons. The first-order chi connectivity index (χ1) is 21.4. The van der Waals surface area contributed by atoms with Crippen molar-refractivity contribution in [3.8, 4) is 11.8 Å². The summed E-state index contributed by atoms with van der Waals surface area (Å²) in [4.78, 5) is 39.1. The van der Waals surface area contributed by atoms with E-state index in [0.717, 1.165) is 6.42 Å². The molecule has 2 amide bonds. The van der Waals surface area contributed by atoms with Crippen LogP contribution in [0.1, 0.15) is 38.7 Å². The molecule has 1 atom stereocenters. The van der Waals surface area contributed by atoms with Crippen LogP contribution in [0.15, 0.2) is 30.5 Å². The topological polar surface area (TPSA) is 124 Å². The Kier molecular flexibility index (Phi) is 12.7. The van der Waals surface area contributed by atoms with Gasteiger partial charge in [0.15, 0.2) is 11.6 Å². The Bertz CT molecular complexity index is 1570. The molecule has 2 aromatic heterocycles. The third-order valence-electron chi connectivity index (χ3n) is 6.92. The van der Waals surface area contributed by atoms with Gasteiger partial charge in [0.1, 0.15) is 17.4 Å². The maximum Gasteiger partial charge on any atom is 0.246 e. The number of aryl methyl sites for hydroxylation is 1. The van der Waals surface area contributed by atoms with E-state index >= 15 is 4.39 Å². The average Bonchev–Trinajstić information content (AvgIpc) is 3.34. The monoisotopic (exact) mass is 620 g/mol. The van der Waals surface area contributed by atoms with E-state index in [1.54, 1.807) is 33.3 Å². The smallest absolute Gasteiger partial charge is 0.246 e. The van der Waals surface area contributed by atoms with E-state index in [1.807, 2.05) is 44.1 Å². The lowest BCUT2D eigenvalue weighted by molar-refractivity contribution is -0.135. The average molecular weight is 621 g/mol. The normalized spacial score (nSPS) is 11.8. The molecule has 12 nitrogen and oxygen atoms in total. The van der Waals surface area contributed by atoms with Crippen LogP contribution in [-0.4, -0.2) is 102 Å². The van der Waals surface area contributed by atoms with Crippen molar-refractivity contribution in [2.24, 2.45) is 7.05 Å². The molecule has 0 aliphatic rings. The summed E-state index contributed by atoms with van der Waals surface area (Å²) >= 11 is 0. The number of fused-ring (bicyclic) bond motifs is 1. The van der Waals surface area contributed by atoms with Gasteiger partial charge in [0.05, 0.1) is 11.8 Å². The maximum absolute atomic E-state index is 15.0. The van der Waals surface area contributed by atoms with Gasteiger partial charge in [-0.1, -0.05) is 24.8 Å². The van der Waals surface area contributed by atoms with E-state index in [1.165, 1.54) is 21.7 Å². The van der Waals surface area contributed by atoms with Gasteiger partial charge in [-0.15, -0.1) is 0 Å². The Morgan fingerprint density at radius 1 is 1.16 bits per heavy atom. The lowest BCUT2D eigenvalue weighted by atomic mass is 10.2. The Hall–Kier alpha value is -4.70. The second-order valence-corrected chi connectivity index (χ2v) is 11.2. The van der Waals surface area contributed by atoms with Gasteiger partial charge in [-0.05, 0) is 46.0 Å². The lowest BCUT2D eigenvalue weighted by Crippen LogP contribution is -2.45. The Morgan fingerprint density at radius 2 is 1.91 bits per heavy atom. The van der Waals surface area contributed by atoms with Crippen LogP contribution >= 0.6 is 0 Å². The molecule has 13 heteroatoms. The van der Waals surface area contributed by atoms with E-state index in [-0.39, 0.29) is 11.8 Å². The minimum atomic E-state index is -0.595. The Balaban J connectivity index is 1.61. The fraction of sp³-hybridized carbons (Fsp3) is 0.469. The van der Waals surface area contributed by atoms with E-state index in [0.29, 0.717) is 72.2 Å². The van der Waals surface area contributed by atoms with E-state index in [4.69, 9.17) is 0 Å². The first kappa shape index (κ1) is 34.8. The number of rotatable bonds is 14. The number of amides is 2. The third-order valence-corrected chi connectivity index (χ3v) is 6.92. The van der Waals surface area contributed by atoms with Gasteiger partial charge >= 0.3 is 0 Å². The van der Waals surface area contributed by atoms with Crippen LogP contribution in [0, 0.1) is 17.7 Å². The number of aromatic nitrogens is 4. The molecule has 0 unspecified atom stereocenters. The number of nitrogens with zero attached hydrogens (tertiary/aromatic N) is 7. The van der Waals surface area contributed by atoms with Crippen LogP contribution in [0.3, 0.4) is 0 Å². The molecular formula is C32H45FN10O2. The first-order valence-electron chi connectivity index (χ1n) is 15.0. The van der Waals surface area contributed by atoms with Gasteiger partial charge in [0.25, 0.3) is 0 Å².